The molecule has 2 aliphatic rings. The second kappa shape index (κ2) is 9.96. The van der Waals surface area contributed by atoms with Crippen LogP contribution in [0.15, 0.2) is 17.1 Å². The molecule has 0 amide bonds. The average molecular weight is 486 g/mol. The van der Waals surface area contributed by atoms with E-state index in [1.807, 2.05) is 13.1 Å². The van der Waals surface area contributed by atoms with E-state index in [1.54, 1.807) is 0 Å². The van der Waals surface area contributed by atoms with Crippen LogP contribution in [0.2, 0.25) is 0 Å². The maximum Gasteiger partial charge on any atom is 0.191 e. The van der Waals surface area contributed by atoms with E-state index < -0.39 is 0 Å². The van der Waals surface area contributed by atoms with Gasteiger partial charge in [0.05, 0.1) is 0 Å². The molecule has 6 heteroatoms. The number of halogens is 1. The van der Waals surface area contributed by atoms with Crippen LogP contribution in [0.25, 0.3) is 0 Å². The van der Waals surface area contributed by atoms with Crippen LogP contribution in [0.3, 0.4) is 0 Å². The van der Waals surface area contributed by atoms with Crippen molar-refractivity contribution >= 4 is 29.9 Å². The van der Waals surface area contributed by atoms with Crippen LogP contribution < -0.4 is 10.6 Å². The summed E-state index contributed by atoms with van der Waals surface area (Å²) in [6.07, 6.45) is 4.65. The maximum absolute atomic E-state index is 10.4. The standard InChI is InChI=1S/C21H34N4O.HI/c1-14(2)25-12-15(3)19(13-25)24-21(22-4)23-11-18-17-8-6-5-7-16(17)9-10-20(18)26;/h9-10,14-15,19,26H,5-8,11-13H2,1-4H3,(H2,22,23,24);1H. The van der Waals surface area contributed by atoms with Crippen molar-refractivity contribution in [2.45, 2.75) is 65.1 Å². The Morgan fingerprint density at radius 1 is 1.26 bits per heavy atom. The highest BCUT2D eigenvalue weighted by atomic mass is 127. The van der Waals surface area contributed by atoms with Crippen LogP contribution in [0.1, 0.15) is 50.3 Å². The Bertz CT molecular complexity index is 662. The average Bonchev–Trinajstić information content (AvgIpc) is 3.00. The molecule has 0 bridgehead atoms. The van der Waals surface area contributed by atoms with Crippen LogP contribution in [-0.2, 0) is 19.4 Å². The zero-order valence-electron chi connectivity index (χ0n) is 17.1. The first-order valence-electron chi connectivity index (χ1n) is 10.0. The summed E-state index contributed by atoms with van der Waals surface area (Å²) >= 11 is 0. The summed E-state index contributed by atoms with van der Waals surface area (Å²) in [5.74, 6) is 1.81. The molecule has 1 aromatic carbocycles. The van der Waals surface area contributed by atoms with Gasteiger partial charge in [-0.05, 0) is 62.6 Å². The molecular weight excluding hydrogens is 451 g/mol. The Hall–Kier alpha value is -1.02. The van der Waals surface area contributed by atoms with Gasteiger partial charge in [-0.1, -0.05) is 13.0 Å². The van der Waals surface area contributed by atoms with Crippen molar-refractivity contribution in [1.29, 1.82) is 0 Å². The maximum atomic E-state index is 10.4. The summed E-state index contributed by atoms with van der Waals surface area (Å²) in [5.41, 5.74) is 3.76. The molecule has 1 fully saturated rings. The lowest BCUT2D eigenvalue weighted by atomic mass is 9.88. The molecule has 27 heavy (non-hydrogen) atoms. The highest BCUT2D eigenvalue weighted by Crippen LogP contribution is 2.30. The van der Waals surface area contributed by atoms with E-state index in [-0.39, 0.29) is 24.0 Å². The predicted octanol–water partition coefficient (Wildman–Crippen LogP) is 3.28. The second-order valence-electron chi connectivity index (χ2n) is 8.11. The molecule has 3 rings (SSSR count). The van der Waals surface area contributed by atoms with E-state index in [4.69, 9.17) is 0 Å². The van der Waals surface area contributed by atoms with Gasteiger partial charge in [0.2, 0.25) is 0 Å². The highest BCUT2D eigenvalue weighted by molar-refractivity contribution is 14.0. The van der Waals surface area contributed by atoms with E-state index in [9.17, 15) is 5.11 Å². The zero-order chi connectivity index (χ0) is 18.7. The first kappa shape index (κ1) is 22.3. The molecule has 1 heterocycles. The van der Waals surface area contributed by atoms with Crippen LogP contribution in [0.5, 0.6) is 5.75 Å². The fraction of sp³-hybridized carbons (Fsp3) is 0.667. The summed E-state index contributed by atoms with van der Waals surface area (Å²) in [5, 5.41) is 17.4. The Labute approximate surface area is 181 Å². The first-order valence-corrected chi connectivity index (χ1v) is 10.0. The number of likely N-dealkylation sites (tertiary alicyclic amines) is 1. The predicted molar refractivity (Wildman–Crippen MR) is 123 cm³/mol. The van der Waals surface area contributed by atoms with E-state index in [0.29, 0.717) is 30.3 Å². The number of fused-ring (bicyclic) bond motifs is 1. The van der Waals surface area contributed by atoms with Crippen LogP contribution in [0.4, 0.5) is 0 Å². The number of aryl methyl sites for hydroxylation is 1. The Morgan fingerprint density at radius 3 is 2.67 bits per heavy atom. The third kappa shape index (κ3) is 5.28. The highest BCUT2D eigenvalue weighted by Gasteiger charge is 2.31. The number of aliphatic imine (C=N–C) groups is 1. The van der Waals surface area contributed by atoms with Gasteiger partial charge in [0.15, 0.2) is 5.96 Å². The van der Waals surface area contributed by atoms with Crippen LogP contribution in [-0.4, -0.2) is 48.2 Å². The number of nitrogens with zero attached hydrogens (tertiary/aromatic N) is 2. The van der Waals surface area contributed by atoms with E-state index in [1.165, 1.54) is 24.0 Å². The minimum absolute atomic E-state index is 0. The lowest BCUT2D eigenvalue weighted by Crippen LogP contribution is -2.46. The van der Waals surface area contributed by atoms with Crippen molar-refractivity contribution in [3.8, 4) is 5.75 Å². The van der Waals surface area contributed by atoms with Crippen molar-refractivity contribution < 1.29 is 5.11 Å². The number of nitrogens with one attached hydrogen (secondary N) is 2. The lowest BCUT2D eigenvalue weighted by Gasteiger charge is -2.23. The van der Waals surface area contributed by atoms with Gasteiger partial charge in [-0.15, -0.1) is 24.0 Å². The van der Waals surface area contributed by atoms with Crippen molar-refractivity contribution in [1.82, 2.24) is 15.5 Å². The molecule has 5 nitrogen and oxygen atoms in total. The van der Waals surface area contributed by atoms with E-state index >= 15 is 0 Å². The van der Waals surface area contributed by atoms with Gasteiger partial charge in [-0.25, -0.2) is 0 Å². The number of phenolic OH excluding ortho intramolecular Hbond substituents is 1. The Morgan fingerprint density at radius 2 is 2.00 bits per heavy atom. The Balaban J connectivity index is 0.00000261. The largest absolute Gasteiger partial charge is 0.508 e. The third-order valence-electron chi connectivity index (χ3n) is 5.98. The fourth-order valence-electron chi connectivity index (χ4n) is 4.25. The molecule has 1 aromatic rings. The molecule has 0 spiro atoms. The van der Waals surface area contributed by atoms with Gasteiger partial charge in [-0.2, -0.15) is 0 Å². The molecule has 1 aliphatic heterocycles. The number of guanidine groups is 1. The molecule has 0 radical (unpaired) electrons. The third-order valence-corrected chi connectivity index (χ3v) is 5.98. The molecule has 1 aliphatic carbocycles. The summed E-state index contributed by atoms with van der Waals surface area (Å²) in [7, 11) is 1.81. The number of phenols is 1. The zero-order valence-corrected chi connectivity index (χ0v) is 19.4. The minimum Gasteiger partial charge on any atom is -0.508 e. The lowest BCUT2D eigenvalue weighted by molar-refractivity contribution is 0.265. The normalized spacial score (nSPS) is 23.1. The molecule has 0 saturated carbocycles. The van der Waals surface area contributed by atoms with Gasteiger partial charge in [0.1, 0.15) is 5.75 Å². The number of benzene rings is 1. The van der Waals surface area contributed by atoms with Crippen LogP contribution in [0, 0.1) is 5.92 Å². The fourth-order valence-corrected chi connectivity index (χ4v) is 4.25. The van der Waals surface area contributed by atoms with Crippen molar-refractivity contribution in [3.05, 3.63) is 28.8 Å². The molecular formula is C21H35IN4O. The quantitative estimate of drug-likeness (QED) is 0.348. The molecule has 1 saturated heterocycles. The molecule has 0 aromatic heterocycles. The summed E-state index contributed by atoms with van der Waals surface area (Å²) < 4.78 is 0. The topological polar surface area (TPSA) is 59.9 Å². The summed E-state index contributed by atoms with van der Waals surface area (Å²) in [6.45, 7) is 9.59. The van der Waals surface area contributed by atoms with Gasteiger partial charge < -0.3 is 15.7 Å². The van der Waals surface area contributed by atoms with E-state index in [0.717, 1.165) is 37.5 Å². The smallest absolute Gasteiger partial charge is 0.191 e. The van der Waals surface area contributed by atoms with Gasteiger partial charge >= 0.3 is 0 Å². The van der Waals surface area contributed by atoms with Gasteiger partial charge in [0, 0.05) is 44.3 Å². The second-order valence-corrected chi connectivity index (χ2v) is 8.11. The number of rotatable bonds is 4. The minimum atomic E-state index is 0. The van der Waals surface area contributed by atoms with Crippen molar-refractivity contribution in [2.24, 2.45) is 10.9 Å². The molecule has 2 atom stereocenters. The summed E-state index contributed by atoms with van der Waals surface area (Å²) in [6, 6.07) is 4.91. The SMILES string of the molecule is CN=C(NCc1c(O)ccc2c1CCCC2)NC1CN(C(C)C)CC1C.I. The number of hydrogen-bond donors (Lipinski definition) is 3. The van der Waals surface area contributed by atoms with Crippen molar-refractivity contribution in [2.75, 3.05) is 20.1 Å². The number of aromatic hydroxyl groups is 1. The van der Waals surface area contributed by atoms with Gasteiger partial charge in [-0.3, -0.25) is 9.89 Å². The summed E-state index contributed by atoms with van der Waals surface area (Å²) in [4.78, 5) is 6.92. The molecule has 152 valence electrons. The first-order chi connectivity index (χ1) is 12.5. The Kier molecular flexibility index (Phi) is 8.21. The van der Waals surface area contributed by atoms with Crippen LogP contribution >= 0.6 is 24.0 Å². The van der Waals surface area contributed by atoms with Gasteiger partial charge in [0.25, 0.3) is 0 Å². The van der Waals surface area contributed by atoms with Crippen molar-refractivity contribution in [3.63, 3.8) is 0 Å². The molecule has 2 unspecified atom stereocenters. The molecule has 3 N–H and O–H groups in total. The number of hydrogen-bond acceptors (Lipinski definition) is 3. The van der Waals surface area contributed by atoms with E-state index in [2.05, 4.69) is 47.4 Å². The monoisotopic (exact) mass is 486 g/mol.